The Morgan fingerprint density at radius 2 is 2.26 bits per heavy atom. The lowest BCUT2D eigenvalue weighted by Gasteiger charge is -2.22. The van der Waals surface area contributed by atoms with Gasteiger partial charge in [-0.25, -0.2) is 0 Å². The Kier molecular flexibility index (Phi) is 6.15. The maximum atomic E-state index is 8.62. The third-order valence-electron chi connectivity index (χ3n) is 3.16. The summed E-state index contributed by atoms with van der Waals surface area (Å²) in [4.78, 5) is 0. The summed E-state index contributed by atoms with van der Waals surface area (Å²) in [6.45, 7) is 4.16. The highest BCUT2D eigenvalue weighted by Gasteiger charge is 2.13. The van der Waals surface area contributed by atoms with Crippen LogP contribution in [0.15, 0.2) is 29.4 Å². The molecule has 1 rings (SSSR count). The molecule has 0 aliphatic carbocycles. The van der Waals surface area contributed by atoms with Crippen molar-refractivity contribution in [3.8, 4) is 5.75 Å². The van der Waals surface area contributed by atoms with Gasteiger partial charge in [-0.1, -0.05) is 24.2 Å². The first-order chi connectivity index (χ1) is 9.10. The lowest BCUT2D eigenvalue weighted by atomic mass is 10.0. The van der Waals surface area contributed by atoms with Crippen LogP contribution in [0.4, 0.5) is 0 Å². The Balaban J connectivity index is 2.68. The second-order valence-corrected chi connectivity index (χ2v) is 4.57. The van der Waals surface area contributed by atoms with Crippen molar-refractivity contribution in [1.82, 2.24) is 5.32 Å². The number of rotatable bonds is 7. The van der Waals surface area contributed by atoms with E-state index in [-0.39, 0.29) is 17.9 Å². The summed E-state index contributed by atoms with van der Waals surface area (Å²) in [6.07, 6.45) is 1.44. The van der Waals surface area contributed by atoms with Crippen molar-refractivity contribution in [2.75, 3.05) is 7.11 Å². The number of methoxy groups -OCH3 is 1. The van der Waals surface area contributed by atoms with E-state index in [4.69, 9.17) is 15.7 Å². The van der Waals surface area contributed by atoms with Crippen LogP contribution in [0, 0.1) is 0 Å². The molecule has 1 unspecified atom stereocenters. The number of amidine groups is 1. The molecule has 0 fully saturated rings. The smallest absolute Gasteiger partial charge is 0.140 e. The molecule has 106 valence electrons. The summed E-state index contributed by atoms with van der Waals surface area (Å²) >= 11 is 0. The topological polar surface area (TPSA) is 79.9 Å². The number of benzene rings is 1. The molecular weight excluding hydrogens is 242 g/mol. The fourth-order valence-corrected chi connectivity index (χ4v) is 1.98. The van der Waals surface area contributed by atoms with E-state index in [0.717, 1.165) is 17.7 Å². The Labute approximate surface area is 114 Å². The number of ether oxygens (including phenoxy) is 1. The van der Waals surface area contributed by atoms with Gasteiger partial charge in [0.25, 0.3) is 0 Å². The summed E-state index contributed by atoms with van der Waals surface area (Å²) in [6, 6.07) is 8.30. The molecule has 0 heterocycles. The second kappa shape index (κ2) is 7.63. The standard InChI is InChI=1S/C14H23N3O2/c1-4-12(9-14(15)17-18)16-10(2)11-6-5-7-13(8-11)19-3/h5-8,10,12,16,18H,4,9H2,1-3H3,(H2,15,17)/t10-,12?/m1/s1. The van der Waals surface area contributed by atoms with E-state index in [9.17, 15) is 0 Å². The zero-order chi connectivity index (χ0) is 14.3. The minimum Gasteiger partial charge on any atom is -0.497 e. The molecule has 0 spiro atoms. The first kappa shape index (κ1) is 15.3. The molecule has 0 aliphatic rings. The van der Waals surface area contributed by atoms with Gasteiger partial charge in [0, 0.05) is 18.5 Å². The zero-order valence-electron chi connectivity index (χ0n) is 11.8. The molecule has 2 atom stereocenters. The molecular formula is C14H23N3O2. The van der Waals surface area contributed by atoms with Crippen LogP contribution in [0.2, 0.25) is 0 Å². The Morgan fingerprint density at radius 3 is 2.84 bits per heavy atom. The normalized spacial score (nSPS) is 15.0. The predicted octanol–water partition coefficient (Wildman–Crippen LogP) is 2.26. The van der Waals surface area contributed by atoms with Crippen LogP contribution in [0.3, 0.4) is 0 Å². The number of nitrogens with two attached hydrogens (primary N) is 1. The Hall–Kier alpha value is -1.75. The van der Waals surface area contributed by atoms with E-state index in [1.165, 1.54) is 0 Å². The van der Waals surface area contributed by atoms with E-state index < -0.39 is 0 Å². The van der Waals surface area contributed by atoms with E-state index in [1.807, 2.05) is 18.2 Å². The SMILES string of the molecule is CCC(C/C(N)=N/O)N[C@H](C)c1cccc(OC)c1. The lowest BCUT2D eigenvalue weighted by molar-refractivity contribution is 0.314. The van der Waals surface area contributed by atoms with Gasteiger partial charge in [0.1, 0.15) is 11.6 Å². The highest BCUT2D eigenvalue weighted by Crippen LogP contribution is 2.19. The van der Waals surface area contributed by atoms with Crippen molar-refractivity contribution in [1.29, 1.82) is 0 Å². The third-order valence-corrected chi connectivity index (χ3v) is 3.16. The molecule has 0 bridgehead atoms. The lowest BCUT2D eigenvalue weighted by Crippen LogP contribution is -2.34. The average Bonchev–Trinajstić information content (AvgIpc) is 2.46. The van der Waals surface area contributed by atoms with Gasteiger partial charge in [0.15, 0.2) is 0 Å². The van der Waals surface area contributed by atoms with Crippen molar-refractivity contribution < 1.29 is 9.94 Å². The van der Waals surface area contributed by atoms with Gasteiger partial charge in [-0.05, 0) is 31.0 Å². The summed E-state index contributed by atoms with van der Waals surface area (Å²) in [5.41, 5.74) is 6.70. The summed E-state index contributed by atoms with van der Waals surface area (Å²) in [5, 5.41) is 15.1. The molecule has 19 heavy (non-hydrogen) atoms. The van der Waals surface area contributed by atoms with Crippen LogP contribution in [0.5, 0.6) is 5.75 Å². The molecule has 0 saturated heterocycles. The van der Waals surface area contributed by atoms with Gasteiger partial charge >= 0.3 is 0 Å². The van der Waals surface area contributed by atoms with Crippen LogP contribution < -0.4 is 15.8 Å². The van der Waals surface area contributed by atoms with Gasteiger partial charge in [-0.2, -0.15) is 0 Å². The summed E-state index contributed by atoms with van der Waals surface area (Å²) in [7, 11) is 1.66. The molecule has 5 nitrogen and oxygen atoms in total. The van der Waals surface area contributed by atoms with Crippen LogP contribution in [0.1, 0.15) is 38.3 Å². The number of oxime groups is 1. The molecule has 1 aromatic rings. The molecule has 0 aliphatic heterocycles. The number of nitrogens with zero attached hydrogens (tertiary/aromatic N) is 1. The van der Waals surface area contributed by atoms with Crippen LogP contribution in [-0.2, 0) is 0 Å². The monoisotopic (exact) mass is 265 g/mol. The van der Waals surface area contributed by atoms with E-state index in [0.29, 0.717) is 6.42 Å². The maximum Gasteiger partial charge on any atom is 0.140 e. The number of hydrogen-bond acceptors (Lipinski definition) is 4. The van der Waals surface area contributed by atoms with Crippen LogP contribution in [-0.4, -0.2) is 24.2 Å². The average molecular weight is 265 g/mol. The van der Waals surface area contributed by atoms with Crippen molar-refractivity contribution in [2.24, 2.45) is 10.9 Å². The van der Waals surface area contributed by atoms with Gasteiger partial charge in [-0.3, -0.25) is 0 Å². The predicted molar refractivity (Wildman–Crippen MR) is 76.6 cm³/mol. The van der Waals surface area contributed by atoms with Gasteiger partial charge in [0.2, 0.25) is 0 Å². The van der Waals surface area contributed by atoms with Gasteiger partial charge in [-0.15, -0.1) is 0 Å². The van der Waals surface area contributed by atoms with Crippen LogP contribution >= 0.6 is 0 Å². The highest BCUT2D eigenvalue weighted by atomic mass is 16.5. The van der Waals surface area contributed by atoms with Gasteiger partial charge in [0.05, 0.1) is 7.11 Å². The first-order valence-corrected chi connectivity index (χ1v) is 6.47. The molecule has 0 saturated carbocycles. The zero-order valence-corrected chi connectivity index (χ0v) is 11.8. The Morgan fingerprint density at radius 1 is 1.53 bits per heavy atom. The largest absolute Gasteiger partial charge is 0.497 e. The summed E-state index contributed by atoms with van der Waals surface area (Å²) < 4.78 is 5.22. The molecule has 5 heteroatoms. The maximum absolute atomic E-state index is 8.62. The van der Waals surface area contributed by atoms with Crippen molar-refractivity contribution in [2.45, 2.75) is 38.8 Å². The molecule has 0 aromatic heterocycles. The van der Waals surface area contributed by atoms with Gasteiger partial charge < -0.3 is 21.0 Å². The molecule has 4 N–H and O–H groups in total. The fraction of sp³-hybridized carbons (Fsp3) is 0.500. The van der Waals surface area contributed by atoms with Crippen molar-refractivity contribution in [3.63, 3.8) is 0 Å². The van der Waals surface area contributed by atoms with E-state index in [2.05, 4.69) is 30.4 Å². The fourth-order valence-electron chi connectivity index (χ4n) is 1.98. The van der Waals surface area contributed by atoms with Crippen LogP contribution in [0.25, 0.3) is 0 Å². The second-order valence-electron chi connectivity index (χ2n) is 4.57. The molecule has 0 radical (unpaired) electrons. The number of hydrogen-bond donors (Lipinski definition) is 3. The minimum absolute atomic E-state index is 0.173. The van der Waals surface area contributed by atoms with E-state index >= 15 is 0 Å². The molecule has 1 aromatic carbocycles. The summed E-state index contributed by atoms with van der Waals surface area (Å²) in [5.74, 6) is 1.09. The number of nitrogens with one attached hydrogen (secondary N) is 1. The first-order valence-electron chi connectivity index (χ1n) is 6.47. The highest BCUT2D eigenvalue weighted by molar-refractivity contribution is 5.80. The van der Waals surface area contributed by atoms with E-state index in [1.54, 1.807) is 7.11 Å². The minimum atomic E-state index is 0.173. The Bertz CT molecular complexity index is 421. The quantitative estimate of drug-likeness (QED) is 0.306. The molecule has 0 amide bonds. The van der Waals surface area contributed by atoms with Crippen molar-refractivity contribution in [3.05, 3.63) is 29.8 Å². The third kappa shape index (κ3) is 4.79. The van der Waals surface area contributed by atoms with Crippen molar-refractivity contribution >= 4 is 5.84 Å².